The quantitative estimate of drug-likeness (QED) is 0.746. The zero-order valence-electron chi connectivity index (χ0n) is 12.3. The molecule has 0 spiro atoms. The Morgan fingerprint density at radius 3 is 2.91 bits per heavy atom. The summed E-state index contributed by atoms with van der Waals surface area (Å²) in [5, 5.41) is 6.91. The van der Waals surface area contributed by atoms with E-state index in [2.05, 4.69) is 21.7 Å². The molecular formula is C17H16ClN3OS. The number of benzene rings is 2. The molecule has 0 saturated heterocycles. The molecule has 0 bridgehead atoms. The van der Waals surface area contributed by atoms with Crippen LogP contribution in [0.4, 0.5) is 5.13 Å². The van der Waals surface area contributed by atoms with Gasteiger partial charge in [0.2, 0.25) is 0 Å². The summed E-state index contributed by atoms with van der Waals surface area (Å²) in [4.78, 5) is 17.1. The molecule has 3 aromatic rings. The third kappa shape index (κ3) is 3.08. The van der Waals surface area contributed by atoms with Gasteiger partial charge in [0.25, 0.3) is 5.91 Å². The number of aromatic nitrogens is 1. The van der Waals surface area contributed by atoms with Crippen LogP contribution in [0.2, 0.25) is 0 Å². The van der Waals surface area contributed by atoms with Crippen LogP contribution >= 0.6 is 23.7 Å². The van der Waals surface area contributed by atoms with Crippen LogP contribution in [0, 0.1) is 0 Å². The summed E-state index contributed by atoms with van der Waals surface area (Å²) in [6, 6.07) is 13.8. The van der Waals surface area contributed by atoms with Gasteiger partial charge in [-0.05, 0) is 42.3 Å². The summed E-state index contributed by atoms with van der Waals surface area (Å²) in [7, 11) is 0. The number of amides is 1. The zero-order valence-corrected chi connectivity index (χ0v) is 14.0. The van der Waals surface area contributed by atoms with E-state index in [4.69, 9.17) is 0 Å². The van der Waals surface area contributed by atoms with Crippen LogP contribution in [0.1, 0.15) is 21.5 Å². The predicted molar refractivity (Wildman–Crippen MR) is 96.7 cm³/mol. The van der Waals surface area contributed by atoms with Crippen molar-refractivity contribution in [1.29, 1.82) is 0 Å². The fourth-order valence-corrected chi connectivity index (χ4v) is 3.68. The van der Waals surface area contributed by atoms with Gasteiger partial charge in [-0.15, -0.1) is 12.4 Å². The molecule has 0 saturated carbocycles. The summed E-state index contributed by atoms with van der Waals surface area (Å²) in [5.74, 6) is -0.0837. The van der Waals surface area contributed by atoms with Gasteiger partial charge in [-0.2, -0.15) is 0 Å². The number of nitrogens with one attached hydrogen (secondary N) is 2. The number of thiazole rings is 1. The molecule has 1 aliphatic rings. The van der Waals surface area contributed by atoms with Gasteiger partial charge in [-0.1, -0.05) is 35.6 Å². The first-order chi connectivity index (χ1) is 10.8. The average molecular weight is 346 g/mol. The third-order valence-electron chi connectivity index (χ3n) is 3.90. The molecule has 6 heteroatoms. The van der Waals surface area contributed by atoms with Crippen molar-refractivity contribution in [2.24, 2.45) is 0 Å². The monoisotopic (exact) mass is 345 g/mol. The number of carbonyl (C=O) groups excluding carboxylic acids is 1. The van der Waals surface area contributed by atoms with Crippen molar-refractivity contribution in [3.63, 3.8) is 0 Å². The van der Waals surface area contributed by atoms with E-state index >= 15 is 0 Å². The summed E-state index contributed by atoms with van der Waals surface area (Å²) >= 11 is 1.50. The minimum Gasteiger partial charge on any atom is -0.312 e. The summed E-state index contributed by atoms with van der Waals surface area (Å²) < 4.78 is 1.08. The Bertz CT molecular complexity index is 829. The lowest BCUT2D eigenvalue weighted by molar-refractivity contribution is 0.102. The minimum absolute atomic E-state index is 0. The molecule has 0 radical (unpaired) electrons. The van der Waals surface area contributed by atoms with E-state index in [1.165, 1.54) is 16.9 Å². The Kier molecular flexibility index (Phi) is 4.61. The van der Waals surface area contributed by atoms with Gasteiger partial charge in [0.15, 0.2) is 5.13 Å². The highest BCUT2D eigenvalue weighted by molar-refractivity contribution is 7.22. The van der Waals surface area contributed by atoms with Crippen LogP contribution in [0.15, 0.2) is 42.5 Å². The lowest BCUT2D eigenvalue weighted by Crippen LogP contribution is -2.27. The molecule has 4 nitrogen and oxygen atoms in total. The van der Waals surface area contributed by atoms with Gasteiger partial charge >= 0.3 is 0 Å². The molecule has 4 rings (SSSR count). The molecule has 118 valence electrons. The van der Waals surface area contributed by atoms with Crippen molar-refractivity contribution in [3.05, 3.63) is 59.2 Å². The highest BCUT2D eigenvalue weighted by atomic mass is 35.5. The number of carbonyl (C=O) groups is 1. The highest BCUT2D eigenvalue weighted by Gasteiger charge is 2.18. The van der Waals surface area contributed by atoms with Crippen molar-refractivity contribution in [2.75, 3.05) is 11.9 Å². The van der Waals surface area contributed by atoms with Gasteiger partial charge < -0.3 is 5.32 Å². The van der Waals surface area contributed by atoms with Crippen LogP contribution in [0.3, 0.4) is 0 Å². The number of rotatable bonds is 2. The zero-order chi connectivity index (χ0) is 14.9. The second kappa shape index (κ2) is 6.66. The van der Waals surface area contributed by atoms with Gasteiger partial charge in [0.1, 0.15) is 0 Å². The fraction of sp³-hybridized carbons (Fsp3) is 0.176. The first kappa shape index (κ1) is 15.9. The number of hydrogen-bond donors (Lipinski definition) is 2. The van der Waals surface area contributed by atoms with Gasteiger partial charge in [0, 0.05) is 12.1 Å². The maximum atomic E-state index is 12.6. The molecule has 1 aromatic heterocycles. The van der Waals surface area contributed by atoms with E-state index in [1.807, 2.05) is 36.4 Å². The molecule has 1 aliphatic heterocycles. The van der Waals surface area contributed by atoms with Crippen LogP contribution < -0.4 is 10.6 Å². The molecule has 0 aliphatic carbocycles. The Labute approximate surface area is 144 Å². The smallest absolute Gasteiger partial charge is 0.257 e. The molecular weight excluding hydrogens is 330 g/mol. The summed E-state index contributed by atoms with van der Waals surface area (Å²) in [5.41, 5.74) is 4.02. The maximum absolute atomic E-state index is 12.6. The number of nitrogens with zero attached hydrogens (tertiary/aromatic N) is 1. The molecule has 23 heavy (non-hydrogen) atoms. The first-order valence-corrected chi connectivity index (χ1v) is 8.11. The van der Waals surface area contributed by atoms with Crippen LogP contribution in [-0.4, -0.2) is 17.4 Å². The van der Waals surface area contributed by atoms with E-state index in [9.17, 15) is 4.79 Å². The third-order valence-corrected chi connectivity index (χ3v) is 4.86. The maximum Gasteiger partial charge on any atom is 0.257 e. The van der Waals surface area contributed by atoms with Crippen LogP contribution in [0.5, 0.6) is 0 Å². The lowest BCUT2D eigenvalue weighted by Gasteiger charge is -2.19. The first-order valence-electron chi connectivity index (χ1n) is 7.30. The molecule has 0 atom stereocenters. The SMILES string of the molecule is Cl.O=C(Nc1nc2ccccc2s1)c1cccc2c1CNCC2. The van der Waals surface area contributed by atoms with E-state index in [1.54, 1.807) is 0 Å². The van der Waals surface area contributed by atoms with Crippen molar-refractivity contribution in [2.45, 2.75) is 13.0 Å². The van der Waals surface area contributed by atoms with Crippen LogP contribution in [-0.2, 0) is 13.0 Å². The van der Waals surface area contributed by atoms with Gasteiger partial charge in [-0.25, -0.2) is 4.98 Å². The van der Waals surface area contributed by atoms with Crippen molar-refractivity contribution >= 4 is 45.0 Å². The van der Waals surface area contributed by atoms with E-state index in [0.717, 1.165) is 40.9 Å². The number of hydrogen-bond acceptors (Lipinski definition) is 4. The normalized spacial score (nSPS) is 13.2. The highest BCUT2D eigenvalue weighted by Crippen LogP contribution is 2.26. The largest absolute Gasteiger partial charge is 0.312 e. The Morgan fingerprint density at radius 2 is 2.04 bits per heavy atom. The molecule has 0 unspecified atom stereocenters. The van der Waals surface area contributed by atoms with Crippen molar-refractivity contribution in [3.8, 4) is 0 Å². The Balaban J connectivity index is 0.00000156. The molecule has 1 amide bonds. The summed E-state index contributed by atoms with van der Waals surface area (Å²) in [6.45, 7) is 1.72. The molecule has 2 aromatic carbocycles. The summed E-state index contributed by atoms with van der Waals surface area (Å²) in [6.07, 6.45) is 0.970. The molecule has 2 heterocycles. The minimum atomic E-state index is -0.0837. The average Bonchev–Trinajstić information content (AvgIpc) is 2.96. The number of halogens is 1. The fourth-order valence-electron chi connectivity index (χ4n) is 2.82. The van der Waals surface area contributed by atoms with Crippen molar-refractivity contribution in [1.82, 2.24) is 10.3 Å². The molecule has 2 N–H and O–H groups in total. The predicted octanol–water partition coefficient (Wildman–Crippen LogP) is 3.62. The number of anilines is 1. The van der Waals surface area contributed by atoms with Gasteiger partial charge in [0.05, 0.1) is 10.2 Å². The Morgan fingerprint density at radius 1 is 1.17 bits per heavy atom. The second-order valence-corrected chi connectivity index (χ2v) is 6.34. The standard InChI is InChI=1S/C17H15N3OS.ClH/c21-16(12-5-3-4-11-8-9-18-10-13(11)12)20-17-19-14-6-1-2-7-15(14)22-17;/h1-7,18H,8-10H2,(H,19,20,21);1H. The van der Waals surface area contributed by atoms with Crippen molar-refractivity contribution < 1.29 is 4.79 Å². The topological polar surface area (TPSA) is 54.0 Å². The number of fused-ring (bicyclic) bond motifs is 2. The van der Waals surface area contributed by atoms with Crippen LogP contribution in [0.25, 0.3) is 10.2 Å². The number of para-hydroxylation sites is 1. The van der Waals surface area contributed by atoms with E-state index in [-0.39, 0.29) is 18.3 Å². The van der Waals surface area contributed by atoms with E-state index in [0.29, 0.717) is 5.13 Å². The Hall–Kier alpha value is -1.95. The second-order valence-electron chi connectivity index (χ2n) is 5.31. The van der Waals surface area contributed by atoms with E-state index < -0.39 is 0 Å². The molecule has 0 fully saturated rings. The lowest BCUT2D eigenvalue weighted by atomic mass is 9.95. The van der Waals surface area contributed by atoms with Gasteiger partial charge in [-0.3, -0.25) is 10.1 Å².